The maximum atomic E-state index is 11.0. The first kappa shape index (κ1) is 25.4. The van der Waals surface area contributed by atoms with Gasteiger partial charge in [0.05, 0.1) is 17.6 Å². The van der Waals surface area contributed by atoms with Gasteiger partial charge in [0.15, 0.2) is 5.96 Å². The molecule has 1 aromatic rings. The molecule has 0 radical (unpaired) electrons. The van der Waals surface area contributed by atoms with Crippen molar-refractivity contribution in [2.45, 2.75) is 32.3 Å². The van der Waals surface area contributed by atoms with Crippen LogP contribution in [-0.4, -0.2) is 63.0 Å². The Morgan fingerprint density at radius 3 is 2.90 bits per heavy atom. The summed E-state index contributed by atoms with van der Waals surface area (Å²) < 4.78 is 11.2. The van der Waals surface area contributed by atoms with Crippen LogP contribution in [0.5, 0.6) is 0 Å². The molecule has 164 valence electrons. The van der Waals surface area contributed by atoms with Crippen molar-refractivity contribution in [1.82, 2.24) is 10.6 Å². The van der Waals surface area contributed by atoms with Crippen molar-refractivity contribution in [1.29, 1.82) is 0 Å². The molecular formula is C19H32IN5O4. The van der Waals surface area contributed by atoms with E-state index in [2.05, 4.69) is 20.9 Å². The molecule has 1 unspecified atom stereocenters. The highest BCUT2D eigenvalue weighted by atomic mass is 127. The van der Waals surface area contributed by atoms with Gasteiger partial charge in [0.2, 0.25) is 0 Å². The second kappa shape index (κ2) is 15.2. The first-order chi connectivity index (χ1) is 13.7. The van der Waals surface area contributed by atoms with Gasteiger partial charge in [-0.3, -0.25) is 15.1 Å². The predicted octanol–water partition coefficient (Wildman–Crippen LogP) is 2.77. The molecular weight excluding hydrogens is 489 g/mol. The number of para-hydroxylation sites is 2. The number of hydrogen-bond acceptors (Lipinski definition) is 6. The Morgan fingerprint density at radius 2 is 2.17 bits per heavy atom. The van der Waals surface area contributed by atoms with Gasteiger partial charge in [0.1, 0.15) is 5.69 Å². The lowest BCUT2D eigenvalue weighted by atomic mass is 10.2. The first-order valence-electron chi connectivity index (χ1n) is 9.89. The number of aliphatic imine (C=N–C) groups is 1. The molecule has 0 aromatic heterocycles. The number of nitrogens with zero attached hydrogens (tertiary/aromatic N) is 2. The fraction of sp³-hybridized carbons (Fsp3) is 0.632. The van der Waals surface area contributed by atoms with Gasteiger partial charge >= 0.3 is 0 Å². The SMILES string of the molecule is CCNC(=NCCCOCC1CCCO1)NCCNc1ccccc1[N+](=O)[O-].I. The molecule has 0 spiro atoms. The van der Waals surface area contributed by atoms with Gasteiger partial charge in [-0.05, 0) is 32.3 Å². The monoisotopic (exact) mass is 521 g/mol. The molecule has 0 saturated carbocycles. The highest BCUT2D eigenvalue weighted by molar-refractivity contribution is 14.0. The molecule has 1 atom stereocenters. The Balaban J connectivity index is 0.00000420. The van der Waals surface area contributed by atoms with E-state index in [0.717, 1.165) is 38.4 Å². The number of benzene rings is 1. The summed E-state index contributed by atoms with van der Waals surface area (Å²) in [6, 6.07) is 6.62. The standard InChI is InChI=1S/C19H31N5O4.HI/c1-2-20-19(22-10-6-13-27-15-16-7-5-14-28-16)23-12-11-21-17-8-3-4-9-18(17)24(25)26;/h3-4,8-9,16,21H,2,5-7,10-15H2,1H3,(H2,20,22,23);1H. The number of guanidine groups is 1. The van der Waals surface area contributed by atoms with Crippen molar-refractivity contribution >= 4 is 41.3 Å². The number of ether oxygens (including phenoxy) is 2. The average Bonchev–Trinajstić information content (AvgIpc) is 3.21. The average molecular weight is 521 g/mol. The van der Waals surface area contributed by atoms with Crippen molar-refractivity contribution in [3.05, 3.63) is 34.4 Å². The van der Waals surface area contributed by atoms with E-state index in [4.69, 9.17) is 9.47 Å². The fourth-order valence-corrected chi connectivity index (χ4v) is 2.85. The largest absolute Gasteiger partial charge is 0.379 e. The smallest absolute Gasteiger partial charge is 0.292 e. The van der Waals surface area contributed by atoms with Gasteiger partial charge in [-0.25, -0.2) is 0 Å². The molecule has 1 fully saturated rings. The number of nitro groups is 1. The van der Waals surface area contributed by atoms with Crippen LogP contribution in [-0.2, 0) is 9.47 Å². The molecule has 9 nitrogen and oxygen atoms in total. The maximum Gasteiger partial charge on any atom is 0.292 e. The molecule has 1 aliphatic heterocycles. The van der Waals surface area contributed by atoms with Crippen LogP contribution < -0.4 is 16.0 Å². The summed E-state index contributed by atoms with van der Waals surface area (Å²) in [5, 5.41) is 20.5. The highest BCUT2D eigenvalue weighted by Crippen LogP contribution is 2.22. The minimum atomic E-state index is -0.387. The Bertz CT molecular complexity index is 626. The molecule has 1 saturated heterocycles. The van der Waals surface area contributed by atoms with Gasteiger partial charge in [0, 0.05) is 45.5 Å². The van der Waals surface area contributed by atoms with Gasteiger partial charge in [-0.1, -0.05) is 12.1 Å². The number of hydrogen-bond donors (Lipinski definition) is 3. The third-order valence-corrected chi connectivity index (χ3v) is 4.22. The van der Waals surface area contributed by atoms with Crippen molar-refractivity contribution in [3.63, 3.8) is 0 Å². The molecule has 0 amide bonds. The molecule has 0 aliphatic carbocycles. The van der Waals surface area contributed by atoms with Crippen molar-refractivity contribution in [2.24, 2.45) is 4.99 Å². The fourth-order valence-electron chi connectivity index (χ4n) is 2.85. The minimum Gasteiger partial charge on any atom is -0.379 e. The van der Waals surface area contributed by atoms with Crippen LogP contribution in [0.15, 0.2) is 29.3 Å². The number of nitrogens with one attached hydrogen (secondary N) is 3. The second-order valence-electron chi connectivity index (χ2n) is 6.45. The van der Waals surface area contributed by atoms with E-state index < -0.39 is 0 Å². The Morgan fingerprint density at radius 1 is 1.34 bits per heavy atom. The number of anilines is 1. The molecule has 0 bridgehead atoms. The number of halogens is 1. The van der Waals surface area contributed by atoms with Crippen LogP contribution in [0.3, 0.4) is 0 Å². The quantitative estimate of drug-likeness (QED) is 0.0969. The summed E-state index contributed by atoms with van der Waals surface area (Å²) in [7, 11) is 0. The summed E-state index contributed by atoms with van der Waals surface area (Å²) >= 11 is 0. The lowest BCUT2D eigenvalue weighted by Crippen LogP contribution is -2.39. The number of nitro benzene ring substituents is 1. The summed E-state index contributed by atoms with van der Waals surface area (Å²) in [6.07, 6.45) is 3.32. The van der Waals surface area contributed by atoms with E-state index in [9.17, 15) is 10.1 Å². The van der Waals surface area contributed by atoms with Gasteiger partial charge < -0.3 is 25.4 Å². The Kier molecular flexibility index (Phi) is 13.3. The van der Waals surface area contributed by atoms with E-state index in [1.165, 1.54) is 6.07 Å². The minimum absolute atomic E-state index is 0. The lowest BCUT2D eigenvalue weighted by Gasteiger charge is -2.13. The van der Waals surface area contributed by atoms with Crippen molar-refractivity contribution in [3.8, 4) is 0 Å². The van der Waals surface area contributed by atoms with Crippen LogP contribution in [0.2, 0.25) is 0 Å². The molecule has 1 aliphatic rings. The summed E-state index contributed by atoms with van der Waals surface area (Å²) in [5.41, 5.74) is 0.589. The Hall–Kier alpha value is -1.66. The van der Waals surface area contributed by atoms with E-state index >= 15 is 0 Å². The van der Waals surface area contributed by atoms with Crippen molar-refractivity contribution < 1.29 is 14.4 Å². The first-order valence-corrected chi connectivity index (χ1v) is 9.89. The van der Waals surface area contributed by atoms with E-state index in [0.29, 0.717) is 38.5 Å². The summed E-state index contributed by atoms with van der Waals surface area (Å²) in [4.78, 5) is 15.2. The molecule has 29 heavy (non-hydrogen) atoms. The van der Waals surface area contributed by atoms with Crippen LogP contribution in [0.1, 0.15) is 26.2 Å². The van der Waals surface area contributed by atoms with Crippen molar-refractivity contribution in [2.75, 3.05) is 51.3 Å². The molecule has 10 heteroatoms. The Labute approximate surface area is 189 Å². The maximum absolute atomic E-state index is 11.0. The topological polar surface area (TPSA) is 110 Å². The summed E-state index contributed by atoms with van der Waals surface area (Å²) in [5.74, 6) is 0.728. The van der Waals surface area contributed by atoms with Crippen LogP contribution in [0.25, 0.3) is 0 Å². The molecule has 2 rings (SSSR count). The van der Waals surface area contributed by atoms with E-state index in [1.807, 2.05) is 6.92 Å². The zero-order valence-electron chi connectivity index (χ0n) is 16.9. The zero-order valence-corrected chi connectivity index (χ0v) is 19.2. The van der Waals surface area contributed by atoms with Gasteiger partial charge in [-0.15, -0.1) is 24.0 Å². The molecule has 1 heterocycles. The predicted molar refractivity (Wildman–Crippen MR) is 125 cm³/mol. The molecule has 3 N–H and O–H groups in total. The number of rotatable bonds is 12. The van der Waals surface area contributed by atoms with Crippen LogP contribution in [0.4, 0.5) is 11.4 Å². The highest BCUT2D eigenvalue weighted by Gasteiger charge is 2.15. The molecule has 1 aromatic carbocycles. The lowest BCUT2D eigenvalue weighted by molar-refractivity contribution is -0.384. The third-order valence-electron chi connectivity index (χ3n) is 4.22. The third kappa shape index (κ3) is 10.1. The van der Waals surface area contributed by atoms with E-state index in [-0.39, 0.29) is 40.7 Å². The summed E-state index contributed by atoms with van der Waals surface area (Å²) in [6.45, 7) is 6.75. The zero-order chi connectivity index (χ0) is 20.0. The second-order valence-corrected chi connectivity index (χ2v) is 6.45. The normalized spacial score (nSPS) is 16.2. The van der Waals surface area contributed by atoms with Gasteiger partial charge in [-0.2, -0.15) is 0 Å². The van der Waals surface area contributed by atoms with E-state index in [1.54, 1.807) is 18.2 Å². The van der Waals surface area contributed by atoms with Crippen LogP contribution >= 0.6 is 24.0 Å². The van der Waals surface area contributed by atoms with Crippen LogP contribution in [0, 0.1) is 10.1 Å². The van der Waals surface area contributed by atoms with Gasteiger partial charge in [0.25, 0.3) is 5.69 Å².